The van der Waals surface area contributed by atoms with Gasteiger partial charge in [-0.25, -0.2) is 4.39 Å². The molecule has 0 aromatic heterocycles. The molecule has 0 spiro atoms. The Bertz CT molecular complexity index is 408. The van der Waals surface area contributed by atoms with Gasteiger partial charge in [0.05, 0.1) is 6.42 Å². The van der Waals surface area contributed by atoms with Crippen LogP contribution in [0.1, 0.15) is 12.0 Å². The molecule has 92 valence electrons. The molecule has 1 heterocycles. The van der Waals surface area contributed by atoms with E-state index in [1.54, 1.807) is 12.1 Å². The summed E-state index contributed by atoms with van der Waals surface area (Å²) < 4.78 is 13.0. The average Bonchev–Trinajstić information content (AvgIpc) is 2.77. The molecule has 1 fully saturated rings. The summed E-state index contributed by atoms with van der Waals surface area (Å²) in [6.07, 6.45) is 1.25. The van der Waals surface area contributed by atoms with E-state index in [2.05, 4.69) is 0 Å². The number of nitrogens with two attached hydrogens (primary N) is 1. The molecule has 4 heteroatoms. The molecule has 0 radical (unpaired) electrons. The van der Waals surface area contributed by atoms with Crippen LogP contribution in [0.25, 0.3) is 0 Å². The molecular formula is C13H17FN2O. The van der Waals surface area contributed by atoms with Crippen LogP contribution < -0.4 is 5.73 Å². The quantitative estimate of drug-likeness (QED) is 0.856. The van der Waals surface area contributed by atoms with Gasteiger partial charge in [-0.05, 0) is 36.6 Å². The summed E-state index contributed by atoms with van der Waals surface area (Å²) in [5.74, 6) is 0.189. The first-order valence-electron chi connectivity index (χ1n) is 5.91. The number of likely N-dealkylation sites (tertiary alicyclic amines) is 1. The molecule has 1 aromatic rings. The summed E-state index contributed by atoms with van der Waals surface area (Å²) in [7, 11) is 0. The van der Waals surface area contributed by atoms with Gasteiger partial charge in [0.2, 0.25) is 5.91 Å². The minimum Gasteiger partial charge on any atom is -0.342 e. The Hall–Kier alpha value is -1.42. The number of rotatable bonds is 3. The summed E-state index contributed by atoms with van der Waals surface area (Å²) in [6.45, 7) is 2.14. The molecule has 3 nitrogen and oxygen atoms in total. The van der Waals surface area contributed by atoms with E-state index in [1.807, 2.05) is 4.90 Å². The number of halogens is 1. The van der Waals surface area contributed by atoms with Crippen LogP contribution in [0.15, 0.2) is 24.3 Å². The second-order valence-corrected chi connectivity index (χ2v) is 4.54. The summed E-state index contributed by atoms with van der Waals surface area (Å²) in [4.78, 5) is 13.8. The zero-order valence-corrected chi connectivity index (χ0v) is 9.73. The third-order valence-corrected chi connectivity index (χ3v) is 3.22. The largest absolute Gasteiger partial charge is 0.342 e. The van der Waals surface area contributed by atoms with Crippen LogP contribution >= 0.6 is 0 Å². The Kier molecular flexibility index (Phi) is 3.74. The zero-order chi connectivity index (χ0) is 12.3. The van der Waals surface area contributed by atoms with Gasteiger partial charge in [-0.2, -0.15) is 0 Å². The van der Waals surface area contributed by atoms with Crippen LogP contribution in [0.2, 0.25) is 0 Å². The fraction of sp³-hybridized carbons (Fsp3) is 0.462. The maximum Gasteiger partial charge on any atom is 0.227 e. The SMILES string of the molecule is NC[C@@H]1CCN(C(=O)Cc2cccc(F)c2)C1. The molecule has 1 aromatic carbocycles. The number of benzene rings is 1. The predicted octanol–water partition coefficient (Wildman–Crippen LogP) is 1.18. The molecule has 0 bridgehead atoms. The first-order chi connectivity index (χ1) is 8.19. The molecule has 0 saturated carbocycles. The molecule has 1 atom stereocenters. The third-order valence-electron chi connectivity index (χ3n) is 3.22. The maximum atomic E-state index is 13.0. The van der Waals surface area contributed by atoms with Gasteiger partial charge >= 0.3 is 0 Å². The molecule has 17 heavy (non-hydrogen) atoms. The van der Waals surface area contributed by atoms with Crippen molar-refractivity contribution in [1.82, 2.24) is 4.90 Å². The molecule has 0 unspecified atom stereocenters. The van der Waals surface area contributed by atoms with Crippen LogP contribution in [0.5, 0.6) is 0 Å². The van der Waals surface area contributed by atoms with Crippen molar-refractivity contribution in [2.75, 3.05) is 19.6 Å². The predicted molar refractivity (Wildman–Crippen MR) is 63.8 cm³/mol. The first kappa shape index (κ1) is 12.0. The molecule has 1 saturated heterocycles. The molecular weight excluding hydrogens is 219 g/mol. The topological polar surface area (TPSA) is 46.3 Å². The summed E-state index contributed by atoms with van der Waals surface area (Å²) >= 11 is 0. The van der Waals surface area contributed by atoms with Crippen LogP contribution in [0, 0.1) is 11.7 Å². The summed E-state index contributed by atoms with van der Waals surface area (Å²) in [5, 5.41) is 0. The molecule has 1 aliphatic heterocycles. The number of nitrogens with zero attached hydrogens (tertiary/aromatic N) is 1. The monoisotopic (exact) mass is 236 g/mol. The highest BCUT2D eigenvalue weighted by Crippen LogP contribution is 2.16. The van der Waals surface area contributed by atoms with Crippen LogP contribution in [-0.4, -0.2) is 30.4 Å². The molecule has 2 N–H and O–H groups in total. The average molecular weight is 236 g/mol. The lowest BCUT2D eigenvalue weighted by Gasteiger charge is -2.16. The van der Waals surface area contributed by atoms with Crippen LogP contribution in [0.3, 0.4) is 0 Å². The van der Waals surface area contributed by atoms with Crippen molar-refractivity contribution in [3.63, 3.8) is 0 Å². The summed E-state index contributed by atoms with van der Waals surface area (Å²) in [5.41, 5.74) is 6.31. The summed E-state index contributed by atoms with van der Waals surface area (Å²) in [6, 6.07) is 6.20. The van der Waals surface area contributed by atoms with Crippen molar-refractivity contribution < 1.29 is 9.18 Å². The normalized spacial score (nSPS) is 19.6. The van der Waals surface area contributed by atoms with Gasteiger partial charge in [0, 0.05) is 13.1 Å². The number of hydrogen-bond acceptors (Lipinski definition) is 2. The van der Waals surface area contributed by atoms with Gasteiger partial charge in [-0.15, -0.1) is 0 Å². The second-order valence-electron chi connectivity index (χ2n) is 4.54. The maximum absolute atomic E-state index is 13.0. The standard InChI is InChI=1S/C13H17FN2O/c14-12-3-1-2-10(6-12)7-13(17)16-5-4-11(8-15)9-16/h1-3,6,11H,4-5,7-9,15H2/t11-/m0/s1. The Balaban J connectivity index is 1.93. The minimum absolute atomic E-state index is 0.0616. The van der Waals surface area contributed by atoms with E-state index in [1.165, 1.54) is 12.1 Å². The number of amides is 1. The molecule has 1 amide bonds. The lowest BCUT2D eigenvalue weighted by molar-refractivity contribution is -0.129. The molecule has 0 aliphatic carbocycles. The highest BCUT2D eigenvalue weighted by atomic mass is 19.1. The Morgan fingerprint density at radius 2 is 2.35 bits per heavy atom. The van der Waals surface area contributed by atoms with E-state index in [4.69, 9.17) is 5.73 Å². The van der Waals surface area contributed by atoms with E-state index in [0.717, 1.165) is 25.1 Å². The van der Waals surface area contributed by atoms with Crippen molar-refractivity contribution in [2.24, 2.45) is 11.7 Å². The third kappa shape index (κ3) is 3.03. The van der Waals surface area contributed by atoms with Gasteiger partial charge in [0.1, 0.15) is 5.82 Å². The van der Waals surface area contributed by atoms with Gasteiger partial charge in [0.25, 0.3) is 0 Å². The number of carbonyl (C=O) groups excluding carboxylic acids is 1. The fourth-order valence-corrected chi connectivity index (χ4v) is 2.18. The number of carbonyl (C=O) groups is 1. The van der Waals surface area contributed by atoms with E-state index >= 15 is 0 Å². The first-order valence-corrected chi connectivity index (χ1v) is 5.91. The molecule has 1 aliphatic rings. The van der Waals surface area contributed by atoms with Crippen molar-refractivity contribution in [3.05, 3.63) is 35.6 Å². The molecule has 2 rings (SSSR count). The Morgan fingerprint density at radius 3 is 3.00 bits per heavy atom. The zero-order valence-electron chi connectivity index (χ0n) is 9.73. The minimum atomic E-state index is -0.295. The van der Waals surface area contributed by atoms with Crippen LogP contribution in [-0.2, 0) is 11.2 Å². The van der Waals surface area contributed by atoms with E-state index in [0.29, 0.717) is 12.5 Å². The lowest BCUT2D eigenvalue weighted by atomic mass is 10.1. The van der Waals surface area contributed by atoms with E-state index in [-0.39, 0.29) is 18.1 Å². The fourth-order valence-electron chi connectivity index (χ4n) is 2.18. The second kappa shape index (κ2) is 5.27. The van der Waals surface area contributed by atoms with E-state index < -0.39 is 0 Å². The highest BCUT2D eigenvalue weighted by molar-refractivity contribution is 5.79. The van der Waals surface area contributed by atoms with Gasteiger partial charge in [-0.3, -0.25) is 4.79 Å². The van der Waals surface area contributed by atoms with Crippen molar-refractivity contribution in [2.45, 2.75) is 12.8 Å². The lowest BCUT2D eigenvalue weighted by Crippen LogP contribution is -2.31. The van der Waals surface area contributed by atoms with E-state index in [9.17, 15) is 9.18 Å². The Labute approximate surface area is 100 Å². The van der Waals surface area contributed by atoms with Gasteiger partial charge in [-0.1, -0.05) is 12.1 Å². The smallest absolute Gasteiger partial charge is 0.227 e. The van der Waals surface area contributed by atoms with Crippen molar-refractivity contribution in [3.8, 4) is 0 Å². The van der Waals surface area contributed by atoms with Crippen LogP contribution in [0.4, 0.5) is 4.39 Å². The van der Waals surface area contributed by atoms with Crippen molar-refractivity contribution >= 4 is 5.91 Å². The Morgan fingerprint density at radius 1 is 1.53 bits per heavy atom. The number of hydrogen-bond donors (Lipinski definition) is 1. The highest BCUT2D eigenvalue weighted by Gasteiger charge is 2.24. The van der Waals surface area contributed by atoms with Gasteiger partial charge < -0.3 is 10.6 Å². The van der Waals surface area contributed by atoms with Gasteiger partial charge in [0.15, 0.2) is 0 Å². The van der Waals surface area contributed by atoms with Crippen molar-refractivity contribution in [1.29, 1.82) is 0 Å².